The van der Waals surface area contributed by atoms with Crippen molar-refractivity contribution in [3.8, 4) is 0 Å². The molecule has 0 aliphatic carbocycles. The van der Waals surface area contributed by atoms with Gasteiger partial charge in [0.15, 0.2) is 0 Å². The summed E-state index contributed by atoms with van der Waals surface area (Å²) in [5.41, 5.74) is 1.01. The van der Waals surface area contributed by atoms with Crippen molar-refractivity contribution < 1.29 is 9.18 Å². The summed E-state index contributed by atoms with van der Waals surface area (Å²) >= 11 is 0. The second-order valence-corrected chi connectivity index (χ2v) is 3.98. The summed E-state index contributed by atoms with van der Waals surface area (Å²) in [5.74, 6) is -0.0675. The molecule has 0 aliphatic heterocycles. The van der Waals surface area contributed by atoms with Crippen LogP contribution in [-0.2, 0) is 6.42 Å². The summed E-state index contributed by atoms with van der Waals surface area (Å²) in [5, 5.41) is 2.67. The number of aryl methyl sites for hydroxylation is 1. The molecule has 0 radical (unpaired) electrons. The van der Waals surface area contributed by atoms with Crippen LogP contribution in [0.1, 0.15) is 21.9 Å². The van der Waals surface area contributed by atoms with Crippen LogP contribution in [0.5, 0.6) is 0 Å². The molecule has 0 saturated carbocycles. The van der Waals surface area contributed by atoms with Gasteiger partial charge in [0.25, 0.3) is 5.91 Å². The molecular formula is C13H14FN3O. The number of carbonyl (C=O) groups excluding carboxylic acids is 1. The van der Waals surface area contributed by atoms with Gasteiger partial charge in [-0.15, -0.1) is 0 Å². The van der Waals surface area contributed by atoms with Gasteiger partial charge in [0, 0.05) is 24.9 Å². The summed E-state index contributed by atoms with van der Waals surface area (Å²) in [6, 6.07) is 5.92. The number of hydrogen-bond acceptors (Lipinski definition) is 2. The lowest BCUT2D eigenvalue weighted by Crippen LogP contribution is -2.26. The van der Waals surface area contributed by atoms with Crippen molar-refractivity contribution in [3.63, 3.8) is 0 Å². The number of aromatic amines is 1. The van der Waals surface area contributed by atoms with Crippen molar-refractivity contribution in [1.82, 2.24) is 15.3 Å². The van der Waals surface area contributed by atoms with Gasteiger partial charge in [-0.2, -0.15) is 0 Å². The monoisotopic (exact) mass is 247 g/mol. The maximum atomic E-state index is 13.3. The number of carbonyl (C=O) groups is 1. The normalized spacial score (nSPS) is 10.3. The van der Waals surface area contributed by atoms with E-state index in [9.17, 15) is 9.18 Å². The van der Waals surface area contributed by atoms with E-state index in [4.69, 9.17) is 0 Å². The number of aromatic nitrogens is 2. The Morgan fingerprint density at radius 1 is 1.44 bits per heavy atom. The Kier molecular flexibility index (Phi) is 3.72. The molecule has 1 amide bonds. The van der Waals surface area contributed by atoms with Crippen molar-refractivity contribution in [2.75, 3.05) is 6.54 Å². The minimum Gasteiger partial charge on any atom is -0.352 e. The highest BCUT2D eigenvalue weighted by atomic mass is 19.1. The summed E-state index contributed by atoms with van der Waals surface area (Å²) in [4.78, 5) is 18.8. The number of nitrogens with one attached hydrogen (secondary N) is 2. The predicted octanol–water partition coefficient (Wildman–Crippen LogP) is 1.83. The van der Waals surface area contributed by atoms with Crippen molar-refractivity contribution in [1.29, 1.82) is 0 Å². The molecule has 0 unspecified atom stereocenters. The minimum atomic E-state index is -0.507. The lowest BCUT2D eigenvalue weighted by molar-refractivity contribution is 0.0950. The van der Waals surface area contributed by atoms with E-state index in [-0.39, 0.29) is 5.56 Å². The maximum absolute atomic E-state index is 13.3. The predicted molar refractivity (Wildman–Crippen MR) is 65.8 cm³/mol. The van der Waals surface area contributed by atoms with Crippen LogP contribution in [0.4, 0.5) is 4.39 Å². The number of imidazole rings is 1. The van der Waals surface area contributed by atoms with Crippen LogP contribution in [0, 0.1) is 12.7 Å². The molecule has 1 aromatic heterocycles. The Morgan fingerprint density at radius 2 is 2.22 bits per heavy atom. The minimum absolute atomic E-state index is 0.0679. The van der Waals surface area contributed by atoms with Crippen LogP contribution in [0.15, 0.2) is 30.5 Å². The molecule has 18 heavy (non-hydrogen) atoms. The number of benzene rings is 1. The quantitative estimate of drug-likeness (QED) is 0.866. The van der Waals surface area contributed by atoms with Gasteiger partial charge in [-0.1, -0.05) is 12.1 Å². The lowest BCUT2D eigenvalue weighted by Gasteiger charge is -2.04. The molecule has 0 fully saturated rings. The van der Waals surface area contributed by atoms with Gasteiger partial charge in [0.1, 0.15) is 11.6 Å². The van der Waals surface area contributed by atoms with Gasteiger partial charge in [-0.3, -0.25) is 4.79 Å². The zero-order chi connectivity index (χ0) is 13.0. The summed E-state index contributed by atoms with van der Waals surface area (Å²) in [6.07, 6.45) is 2.37. The maximum Gasteiger partial charge on any atom is 0.254 e. The zero-order valence-corrected chi connectivity index (χ0v) is 10.0. The molecule has 1 aromatic carbocycles. The Bertz CT molecular complexity index is 551. The zero-order valence-electron chi connectivity index (χ0n) is 10.0. The van der Waals surface area contributed by atoms with Crippen molar-refractivity contribution in [2.45, 2.75) is 13.3 Å². The molecule has 0 bridgehead atoms. The summed E-state index contributed by atoms with van der Waals surface area (Å²) in [7, 11) is 0. The summed E-state index contributed by atoms with van der Waals surface area (Å²) < 4.78 is 13.3. The van der Waals surface area contributed by atoms with Crippen LogP contribution in [0.2, 0.25) is 0 Å². The van der Waals surface area contributed by atoms with E-state index in [0.717, 1.165) is 11.5 Å². The van der Waals surface area contributed by atoms with E-state index in [2.05, 4.69) is 15.3 Å². The number of halogens is 1. The molecule has 2 N–H and O–H groups in total. The Hall–Kier alpha value is -2.17. The van der Waals surface area contributed by atoms with Gasteiger partial charge in [-0.05, 0) is 19.1 Å². The molecule has 2 rings (SSSR count). The summed E-state index contributed by atoms with van der Waals surface area (Å²) in [6.45, 7) is 2.30. The van der Waals surface area contributed by atoms with Crippen LogP contribution < -0.4 is 5.32 Å². The van der Waals surface area contributed by atoms with Gasteiger partial charge in [-0.25, -0.2) is 9.37 Å². The number of amides is 1. The molecule has 5 heteroatoms. The second kappa shape index (κ2) is 5.44. The first-order valence-corrected chi connectivity index (χ1v) is 5.70. The molecule has 4 nitrogen and oxygen atoms in total. The van der Waals surface area contributed by atoms with E-state index < -0.39 is 11.7 Å². The van der Waals surface area contributed by atoms with E-state index in [1.165, 1.54) is 12.1 Å². The Labute approximate surface area is 104 Å². The lowest BCUT2D eigenvalue weighted by atomic mass is 10.2. The van der Waals surface area contributed by atoms with Crippen LogP contribution in [0.25, 0.3) is 0 Å². The molecule has 94 valence electrons. The molecule has 1 heterocycles. The molecular weight excluding hydrogens is 233 g/mol. The number of nitrogens with zero attached hydrogens (tertiary/aromatic N) is 1. The largest absolute Gasteiger partial charge is 0.352 e. The van der Waals surface area contributed by atoms with Gasteiger partial charge in [0.05, 0.1) is 5.56 Å². The van der Waals surface area contributed by atoms with E-state index in [0.29, 0.717) is 13.0 Å². The second-order valence-electron chi connectivity index (χ2n) is 3.98. The molecule has 0 aliphatic rings. The number of rotatable bonds is 4. The molecule has 0 atom stereocenters. The number of hydrogen-bond donors (Lipinski definition) is 2. The van der Waals surface area contributed by atoms with Crippen molar-refractivity contribution >= 4 is 5.91 Å². The highest BCUT2D eigenvalue weighted by Crippen LogP contribution is 2.05. The van der Waals surface area contributed by atoms with Crippen molar-refractivity contribution in [2.24, 2.45) is 0 Å². The van der Waals surface area contributed by atoms with Gasteiger partial charge in [0.2, 0.25) is 0 Å². The van der Waals surface area contributed by atoms with E-state index in [1.807, 2.05) is 6.92 Å². The first kappa shape index (κ1) is 12.3. The first-order valence-electron chi connectivity index (χ1n) is 5.70. The van der Waals surface area contributed by atoms with Gasteiger partial charge >= 0.3 is 0 Å². The van der Waals surface area contributed by atoms with E-state index >= 15 is 0 Å². The average Bonchev–Trinajstić information content (AvgIpc) is 2.75. The Balaban J connectivity index is 1.87. The third kappa shape index (κ3) is 2.94. The highest BCUT2D eigenvalue weighted by Gasteiger charge is 2.09. The van der Waals surface area contributed by atoms with Crippen LogP contribution in [-0.4, -0.2) is 22.4 Å². The first-order chi connectivity index (χ1) is 8.66. The molecule has 0 saturated heterocycles. The topological polar surface area (TPSA) is 57.8 Å². The van der Waals surface area contributed by atoms with Crippen LogP contribution in [0.3, 0.4) is 0 Å². The van der Waals surface area contributed by atoms with E-state index in [1.54, 1.807) is 18.3 Å². The van der Waals surface area contributed by atoms with Crippen LogP contribution >= 0.6 is 0 Å². The number of H-pyrrole nitrogens is 1. The Morgan fingerprint density at radius 3 is 2.89 bits per heavy atom. The average molecular weight is 247 g/mol. The third-order valence-electron chi connectivity index (χ3n) is 2.55. The SMILES string of the molecule is Cc1ncc(CCNC(=O)c2ccccc2F)[nH]1. The van der Waals surface area contributed by atoms with Gasteiger partial charge < -0.3 is 10.3 Å². The highest BCUT2D eigenvalue weighted by molar-refractivity contribution is 5.94. The smallest absolute Gasteiger partial charge is 0.254 e. The fraction of sp³-hybridized carbons (Fsp3) is 0.231. The fourth-order valence-electron chi connectivity index (χ4n) is 1.65. The molecule has 0 spiro atoms. The molecule has 2 aromatic rings. The fourth-order valence-corrected chi connectivity index (χ4v) is 1.65. The van der Waals surface area contributed by atoms with Crippen molar-refractivity contribution in [3.05, 3.63) is 53.4 Å². The standard InChI is InChI=1S/C13H14FN3O/c1-9-16-8-10(17-9)6-7-15-13(18)11-4-2-3-5-12(11)14/h2-5,8H,6-7H2,1H3,(H,15,18)(H,16,17). The third-order valence-corrected chi connectivity index (χ3v) is 2.55.